The van der Waals surface area contributed by atoms with Crippen molar-refractivity contribution >= 4 is 5.91 Å². The van der Waals surface area contributed by atoms with E-state index in [0.29, 0.717) is 31.7 Å². The summed E-state index contributed by atoms with van der Waals surface area (Å²) in [6.45, 7) is 2.02. The van der Waals surface area contributed by atoms with Crippen molar-refractivity contribution in [1.82, 2.24) is 21.1 Å². The maximum absolute atomic E-state index is 13.9. The van der Waals surface area contributed by atoms with Crippen molar-refractivity contribution in [3.8, 4) is 0 Å². The van der Waals surface area contributed by atoms with Gasteiger partial charge in [0.1, 0.15) is 11.9 Å². The normalized spacial score (nSPS) is 25.9. The van der Waals surface area contributed by atoms with Gasteiger partial charge < -0.3 is 15.0 Å². The highest BCUT2D eigenvalue weighted by molar-refractivity contribution is 5.82. The minimum absolute atomic E-state index is 0.0564. The summed E-state index contributed by atoms with van der Waals surface area (Å²) >= 11 is 0. The van der Waals surface area contributed by atoms with Crippen LogP contribution in [0.2, 0.25) is 0 Å². The zero-order chi connectivity index (χ0) is 17.9. The molecule has 138 valence electrons. The number of rotatable bonds is 5. The van der Waals surface area contributed by atoms with E-state index in [1.165, 1.54) is 6.07 Å². The fraction of sp³-hybridized carbons (Fsp3) is 0.611. The molecule has 3 N–H and O–H groups in total. The Morgan fingerprint density at radius 3 is 2.72 bits per heavy atom. The lowest BCUT2D eigenvalue weighted by molar-refractivity contribution is -0.124. The van der Waals surface area contributed by atoms with Gasteiger partial charge in [0.05, 0.1) is 6.04 Å². The van der Waals surface area contributed by atoms with E-state index in [0.717, 1.165) is 12.8 Å². The molecule has 0 radical (unpaired) electrons. The number of carbonyl (C=O) groups is 1. The van der Waals surface area contributed by atoms with E-state index in [4.69, 9.17) is 4.74 Å². The Hall–Kier alpha value is -1.54. The largest absolute Gasteiger partial charge is 0.381 e. The van der Waals surface area contributed by atoms with Crippen LogP contribution in [0.15, 0.2) is 24.3 Å². The lowest BCUT2D eigenvalue weighted by Gasteiger charge is -2.43. The summed E-state index contributed by atoms with van der Waals surface area (Å²) in [4.78, 5) is 14.7. The molecule has 2 fully saturated rings. The molecule has 0 aromatic heterocycles. The van der Waals surface area contributed by atoms with Crippen molar-refractivity contribution in [3.63, 3.8) is 0 Å². The third-order valence-electron chi connectivity index (χ3n) is 5.46. The van der Waals surface area contributed by atoms with Crippen molar-refractivity contribution < 1.29 is 13.9 Å². The number of benzene rings is 1. The minimum Gasteiger partial charge on any atom is -0.381 e. The van der Waals surface area contributed by atoms with Gasteiger partial charge in [-0.1, -0.05) is 18.2 Å². The Bertz CT molecular complexity index is 604. The van der Waals surface area contributed by atoms with Gasteiger partial charge in [-0.3, -0.25) is 4.79 Å². The van der Waals surface area contributed by atoms with Crippen molar-refractivity contribution in [1.29, 1.82) is 0 Å². The maximum Gasteiger partial charge on any atom is 0.238 e. The van der Waals surface area contributed by atoms with Crippen LogP contribution in [0.3, 0.4) is 0 Å². The first-order valence-electron chi connectivity index (χ1n) is 8.80. The molecule has 2 saturated heterocycles. The molecule has 1 amide bonds. The Morgan fingerprint density at radius 1 is 1.32 bits per heavy atom. The zero-order valence-electron chi connectivity index (χ0n) is 14.8. The smallest absolute Gasteiger partial charge is 0.238 e. The molecule has 2 unspecified atom stereocenters. The number of likely N-dealkylation sites (N-methyl/N-ethyl adjacent to an activating group) is 1. The number of hydrogen-bond acceptors (Lipinski definition) is 5. The van der Waals surface area contributed by atoms with Crippen molar-refractivity contribution in [2.24, 2.45) is 0 Å². The first-order valence-corrected chi connectivity index (χ1v) is 8.80. The Balaban J connectivity index is 1.56. The lowest BCUT2D eigenvalue weighted by atomic mass is 9.88. The molecule has 1 aromatic carbocycles. The summed E-state index contributed by atoms with van der Waals surface area (Å²) < 4.78 is 19.4. The van der Waals surface area contributed by atoms with Crippen molar-refractivity contribution in [2.75, 3.05) is 33.9 Å². The molecule has 0 aliphatic carbocycles. The monoisotopic (exact) mass is 350 g/mol. The topological polar surface area (TPSA) is 65.6 Å². The molecular weight excluding hydrogens is 323 g/mol. The van der Waals surface area contributed by atoms with E-state index in [-0.39, 0.29) is 29.3 Å². The number of nitrogens with one attached hydrogen (secondary N) is 3. The Labute approximate surface area is 148 Å². The second-order valence-corrected chi connectivity index (χ2v) is 7.10. The molecule has 0 spiro atoms. The van der Waals surface area contributed by atoms with E-state index < -0.39 is 0 Å². The highest BCUT2D eigenvalue weighted by Gasteiger charge is 2.37. The highest BCUT2D eigenvalue weighted by atomic mass is 19.1. The molecule has 2 aliphatic rings. The molecule has 25 heavy (non-hydrogen) atoms. The molecule has 7 heteroatoms. The maximum atomic E-state index is 13.9. The average molecular weight is 350 g/mol. The number of nitrogens with zero attached hydrogens (tertiary/aromatic N) is 1. The van der Waals surface area contributed by atoms with Gasteiger partial charge in [-0.05, 0) is 39.4 Å². The van der Waals surface area contributed by atoms with E-state index in [9.17, 15) is 9.18 Å². The van der Waals surface area contributed by atoms with Gasteiger partial charge in [0.15, 0.2) is 0 Å². The first-order chi connectivity index (χ1) is 12.0. The summed E-state index contributed by atoms with van der Waals surface area (Å²) in [5.74, 6) is -0.310. The minimum atomic E-state index is -0.372. The van der Waals surface area contributed by atoms with Gasteiger partial charge in [0.25, 0.3) is 0 Å². The number of amides is 1. The number of hydrogen-bond donors (Lipinski definition) is 3. The summed E-state index contributed by atoms with van der Waals surface area (Å²) in [5, 5.41) is 3.07. The van der Waals surface area contributed by atoms with Crippen LogP contribution in [-0.2, 0) is 9.53 Å². The fourth-order valence-electron chi connectivity index (χ4n) is 3.60. The number of carbonyl (C=O) groups excluding carboxylic acids is 1. The number of ether oxygens (including phenoxy) is 1. The predicted octanol–water partition coefficient (Wildman–Crippen LogP) is 0.960. The van der Waals surface area contributed by atoms with Crippen LogP contribution in [-0.4, -0.2) is 56.2 Å². The standard InChI is InChI=1S/C18H27FN4O2/c1-23(2)18(7-9-25-10-8-18)12-20-17(24)16-11-15(21-22-16)13-5-3-4-6-14(13)19/h3-6,15-16,21-22H,7-12H2,1-2H3,(H,20,24). The molecular formula is C18H27FN4O2. The zero-order valence-corrected chi connectivity index (χ0v) is 14.8. The summed E-state index contributed by atoms with van der Waals surface area (Å²) in [5.41, 5.74) is 6.55. The van der Waals surface area contributed by atoms with Crippen LogP contribution in [0.5, 0.6) is 0 Å². The van der Waals surface area contributed by atoms with Crippen LogP contribution < -0.4 is 16.2 Å². The quantitative estimate of drug-likeness (QED) is 0.738. The average Bonchev–Trinajstić information content (AvgIpc) is 3.10. The van der Waals surface area contributed by atoms with Gasteiger partial charge in [-0.25, -0.2) is 15.2 Å². The van der Waals surface area contributed by atoms with Crippen molar-refractivity contribution in [2.45, 2.75) is 36.9 Å². The van der Waals surface area contributed by atoms with Gasteiger partial charge in [0, 0.05) is 30.9 Å². The first kappa shape index (κ1) is 18.3. The van der Waals surface area contributed by atoms with Gasteiger partial charge in [0.2, 0.25) is 5.91 Å². The third kappa shape index (κ3) is 4.00. The summed E-state index contributed by atoms with van der Waals surface area (Å²) in [6, 6.07) is 6.08. The van der Waals surface area contributed by atoms with Crippen LogP contribution in [0, 0.1) is 5.82 Å². The Morgan fingerprint density at radius 2 is 2.04 bits per heavy atom. The summed E-state index contributed by atoms with van der Waals surface area (Å²) in [7, 11) is 4.09. The molecule has 0 saturated carbocycles. The molecule has 3 rings (SSSR count). The Kier molecular flexibility index (Phi) is 5.68. The summed E-state index contributed by atoms with van der Waals surface area (Å²) in [6.07, 6.45) is 2.31. The van der Waals surface area contributed by atoms with Crippen LogP contribution in [0.1, 0.15) is 30.9 Å². The van der Waals surface area contributed by atoms with Gasteiger partial charge >= 0.3 is 0 Å². The predicted molar refractivity (Wildman–Crippen MR) is 93.3 cm³/mol. The van der Waals surface area contributed by atoms with E-state index in [1.54, 1.807) is 18.2 Å². The molecule has 0 bridgehead atoms. The second kappa shape index (κ2) is 7.78. The van der Waals surface area contributed by atoms with Crippen LogP contribution in [0.25, 0.3) is 0 Å². The third-order valence-corrected chi connectivity index (χ3v) is 5.46. The van der Waals surface area contributed by atoms with Crippen molar-refractivity contribution in [3.05, 3.63) is 35.6 Å². The van der Waals surface area contributed by atoms with E-state index in [1.807, 2.05) is 14.1 Å². The van der Waals surface area contributed by atoms with Crippen LogP contribution >= 0.6 is 0 Å². The molecule has 2 aliphatic heterocycles. The van der Waals surface area contributed by atoms with Gasteiger partial charge in [-0.15, -0.1) is 0 Å². The van der Waals surface area contributed by atoms with E-state index >= 15 is 0 Å². The molecule has 6 nitrogen and oxygen atoms in total. The number of hydrazine groups is 1. The van der Waals surface area contributed by atoms with E-state index in [2.05, 4.69) is 21.1 Å². The molecule has 2 atom stereocenters. The fourth-order valence-corrected chi connectivity index (χ4v) is 3.60. The second-order valence-electron chi connectivity index (χ2n) is 7.10. The SMILES string of the molecule is CN(C)C1(CNC(=O)C2CC(c3ccccc3F)NN2)CCOCC1. The van der Waals surface area contributed by atoms with Crippen LogP contribution in [0.4, 0.5) is 4.39 Å². The van der Waals surface area contributed by atoms with Gasteiger partial charge in [-0.2, -0.15) is 0 Å². The highest BCUT2D eigenvalue weighted by Crippen LogP contribution is 2.26. The molecule has 1 aromatic rings. The lowest BCUT2D eigenvalue weighted by Crippen LogP contribution is -2.57. The molecule has 2 heterocycles. The number of halogens is 1.